The van der Waals surface area contributed by atoms with Crippen LogP contribution in [0.4, 0.5) is 0 Å². The van der Waals surface area contributed by atoms with Gasteiger partial charge in [0.1, 0.15) is 0 Å². The van der Waals surface area contributed by atoms with Gasteiger partial charge in [0.2, 0.25) is 0 Å². The topological polar surface area (TPSA) is 77.3 Å². The van der Waals surface area contributed by atoms with Gasteiger partial charge < -0.3 is 0 Å². The molecule has 0 aliphatic rings. The summed E-state index contributed by atoms with van der Waals surface area (Å²) in [5.74, 6) is 3.72. The average molecular weight is 717 g/mol. The number of aromatic nitrogens is 6. The number of rotatable bonds is 7. The van der Waals surface area contributed by atoms with E-state index in [-0.39, 0.29) is 0 Å². The van der Waals surface area contributed by atoms with Gasteiger partial charge in [-0.3, -0.25) is 0 Å². The van der Waals surface area contributed by atoms with Gasteiger partial charge in [0.15, 0.2) is 34.9 Å². The fourth-order valence-corrected chi connectivity index (χ4v) is 7.19. The van der Waals surface area contributed by atoms with Crippen molar-refractivity contribution < 1.29 is 0 Å². The van der Waals surface area contributed by atoms with Gasteiger partial charge in [-0.1, -0.05) is 182 Å². The van der Waals surface area contributed by atoms with Gasteiger partial charge in [0, 0.05) is 38.8 Å². The number of benzene rings is 8. The summed E-state index contributed by atoms with van der Waals surface area (Å²) in [7, 11) is 0. The highest BCUT2D eigenvalue weighted by atomic mass is 15.0. The normalized spacial score (nSPS) is 11.2. The van der Waals surface area contributed by atoms with E-state index >= 15 is 0 Å². The Balaban J connectivity index is 1.09. The van der Waals surface area contributed by atoms with Crippen LogP contribution in [0.3, 0.4) is 0 Å². The highest BCUT2D eigenvalue weighted by molar-refractivity contribution is 6.05. The molecule has 0 saturated carbocycles. The summed E-state index contributed by atoms with van der Waals surface area (Å²) in [5.41, 5.74) is 7.82. The highest BCUT2D eigenvalue weighted by Crippen LogP contribution is 2.37. The maximum atomic E-state index is 5.18. The standard InChI is InChI=1S/C50H32N6/c1-5-15-33(16-6-1)42-25-13-23-34-24-14-26-43(44(34)42)50-55-47(37-21-11-4-12-22-37)54-49(56-50)41-30-28-38-31-40(29-27-39(38)32-41)48-52-45(35-17-7-2-8-18-35)51-46(53-48)36-19-9-3-10-20-36/h1-32H. The van der Waals surface area contributed by atoms with E-state index in [0.29, 0.717) is 34.9 Å². The number of fused-ring (bicyclic) bond motifs is 2. The van der Waals surface area contributed by atoms with Crippen LogP contribution in [0.5, 0.6) is 0 Å². The summed E-state index contributed by atoms with van der Waals surface area (Å²) in [4.78, 5) is 30.1. The Kier molecular flexibility index (Phi) is 8.39. The van der Waals surface area contributed by atoms with E-state index in [1.165, 1.54) is 0 Å². The lowest BCUT2D eigenvalue weighted by Gasteiger charge is -2.13. The van der Waals surface area contributed by atoms with Crippen molar-refractivity contribution in [3.05, 3.63) is 194 Å². The van der Waals surface area contributed by atoms with Crippen LogP contribution in [0.2, 0.25) is 0 Å². The molecule has 0 fully saturated rings. The predicted octanol–water partition coefficient (Wildman–Crippen LogP) is 12.0. The van der Waals surface area contributed by atoms with Crippen molar-refractivity contribution in [2.75, 3.05) is 0 Å². The lowest BCUT2D eigenvalue weighted by molar-refractivity contribution is 1.07. The minimum Gasteiger partial charge on any atom is -0.208 e. The molecule has 0 N–H and O–H groups in total. The van der Waals surface area contributed by atoms with Crippen LogP contribution in [0, 0.1) is 0 Å². The second-order valence-corrected chi connectivity index (χ2v) is 13.6. The molecule has 0 amide bonds. The van der Waals surface area contributed by atoms with E-state index in [9.17, 15) is 0 Å². The third-order valence-electron chi connectivity index (χ3n) is 9.95. The molecule has 262 valence electrons. The Hall–Kier alpha value is -7.70. The van der Waals surface area contributed by atoms with Crippen molar-refractivity contribution in [2.45, 2.75) is 0 Å². The van der Waals surface area contributed by atoms with Gasteiger partial charge in [0.05, 0.1) is 0 Å². The van der Waals surface area contributed by atoms with Gasteiger partial charge in [-0.2, -0.15) is 0 Å². The van der Waals surface area contributed by atoms with Gasteiger partial charge >= 0.3 is 0 Å². The molecule has 0 unspecified atom stereocenters. The number of hydrogen-bond donors (Lipinski definition) is 0. The zero-order valence-corrected chi connectivity index (χ0v) is 30.2. The molecule has 0 radical (unpaired) electrons. The van der Waals surface area contributed by atoms with Gasteiger partial charge in [-0.25, -0.2) is 29.9 Å². The molecule has 0 atom stereocenters. The average Bonchev–Trinajstić information content (AvgIpc) is 3.29. The first-order chi connectivity index (χ1) is 27.7. The van der Waals surface area contributed by atoms with E-state index in [4.69, 9.17) is 29.9 Å². The Morgan fingerprint density at radius 2 is 0.571 bits per heavy atom. The van der Waals surface area contributed by atoms with Gasteiger partial charge in [-0.15, -0.1) is 0 Å². The molecule has 0 aliphatic carbocycles. The molecule has 56 heavy (non-hydrogen) atoms. The fraction of sp³-hybridized carbons (Fsp3) is 0. The molecule has 2 heterocycles. The molecule has 6 heteroatoms. The summed E-state index contributed by atoms with van der Waals surface area (Å²) in [6, 6.07) is 66.0. The molecule has 6 nitrogen and oxygen atoms in total. The molecular formula is C50H32N6. The Labute approximate surface area is 324 Å². The van der Waals surface area contributed by atoms with E-state index in [1.807, 2.05) is 97.1 Å². The molecule has 0 aliphatic heterocycles. The van der Waals surface area contributed by atoms with Gasteiger partial charge in [0.25, 0.3) is 0 Å². The molecule has 0 bridgehead atoms. The lowest BCUT2D eigenvalue weighted by atomic mass is 9.94. The summed E-state index contributed by atoms with van der Waals surface area (Å²) < 4.78 is 0. The summed E-state index contributed by atoms with van der Waals surface area (Å²) in [6.45, 7) is 0. The third-order valence-corrected chi connectivity index (χ3v) is 9.95. The number of hydrogen-bond acceptors (Lipinski definition) is 6. The van der Waals surface area contributed by atoms with Crippen molar-refractivity contribution >= 4 is 21.5 Å². The molecule has 10 aromatic rings. The zero-order chi connectivity index (χ0) is 37.3. The minimum absolute atomic E-state index is 0.603. The largest absolute Gasteiger partial charge is 0.208 e. The maximum absolute atomic E-state index is 5.18. The third kappa shape index (κ3) is 6.35. The molecule has 0 spiro atoms. The monoisotopic (exact) mass is 716 g/mol. The van der Waals surface area contributed by atoms with Crippen LogP contribution in [-0.2, 0) is 0 Å². The van der Waals surface area contributed by atoms with E-state index in [0.717, 1.165) is 66.1 Å². The van der Waals surface area contributed by atoms with E-state index in [1.54, 1.807) is 0 Å². The molecule has 2 aromatic heterocycles. The second-order valence-electron chi connectivity index (χ2n) is 13.6. The highest BCUT2D eigenvalue weighted by Gasteiger charge is 2.18. The van der Waals surface area contributed by atoms with Crippen molar-refractivity contribution in [2.24, 2.45) is 0 Å². The Bertz CT molecular complexity index is 2940. The number of nitrogens with zero attached hydrogens (tertiary/aromatic N) is 6. The minimum atomic E-state index is 0.603. The van der Waals surface area contributed by atoms with Gasteiger partial charge in [-0.05, 0) is 39.4 Å². The van der Waals surface area contributed by atoms with Crippen LogP contribution in [0.25, 0.3) is 101 Å². The first kappa shape index (κ1) is 32.9. The summed E-state index contributed by atoms with van der Waals surface area (Å²) in [6.07, 6.45) is 0. The van der Waals surface area contributed by atoms with Crippen molar-refractivity contribution in [1.82, 2.24) is 29.9 Å². The molecule has 0 saturated heterocycles. The quantitative estimate of drug-likeness (QED) is 0.163. The van der Waals surface area contributed by atoms with Crippen molar-refractivity contribution in [1.29, 1.82) is 0 Å². The predicted molar refractivity (Wildman–Crippen MR) is 226 cm³/mol. The van der Waals surface area contributed by atoms with Crippen molar-refractivity contribution in [3.63, 3.8) is 0 Å². The fourth-order valence-electron chi connectivity index (χ4n) is 7.19. The Morgan fingerprint density at radius 3 is 1.00 bits per heavy atom. The first-order valence-corrected chi connectivity index (χ1v) is 18.5. The van der Waals surface area contributed by atoms with E-state index in [2.05, 4.69) is 97.1 Å². The summed E-state index contributed by atoms with van der Waals surface area (Å²) in [5, 5.41) is 4.33. The van der Waals surface area contributed by atoms with Crippen LogP contribution in [0.15, 0.2) is 194 Å². The lowest BCUT2D eigenvalue weighted by Crippen LogP contribution is -2.01. The zero-order valence-electron chi connectivity index (χ0n) is 30.2. The second kappa shape index (κ2) is 14.3. The van der Waals surface area contributed by atoms with Crippen LogP contribution < -0.4 is 0 Å². The maximum Gasteiger partial charge on any atom is 0.164 e. The van der Waals surface area contributed by atoms with Crippen LogP contribution >= 0.6 is 0 Å². The molecule has 10 rings (SSSR count). The van der Waals surface area contributed by atoms with E-state index < -0.39 is 0 Å². The van der Waals surface area contributed by atoms with Crippen molar-refractivity contribution in [3.8, 4) is 79.5 Å². The smallest absolute Gasteiger partial charge is 0.164 e. The molecule has 8 aromatic carbocycles. The summed E-state index contributed by atoms with van der Waals surface area (Å²) >= 11 is 0. The SMILES string of the molecule is c1ccc(-c2nc(-c3ccccc3)nc(-c3ccc4cc(-c5nc(-c6ccccc6)nc(-c6cccc7cccc(-c8ccccc8)c67)n5)ccc4c3)n2)cc1. The first-order valence-electron chi connectivity index (χ1n) is 18.5. The van der Waals surface area contributed by atoms with Crippen LogP contribution in [-0.4, -0.2) is 29.9 Å². The Morgan fingerprint density at radius 1 is 0.214 bits per heavy atom. The van der Waals surface area contributed by atoms with Crippen LogP contribution in [0.1, 0.15) is 0 Å². The molecular weight excluding hydrogens is 685 g/mol.